The number of carbonyl (C=O) groups excluding carboxylic acids is 1. The molecule has 1 saturated carbocycles. The molecule has 3 aliphatic heterocycles. The van der Waals surface area contributed by atoms with E-state index in [4.69, 9.17) is 14.2 Å². The van der Waals surface area contributed by atoms with Gasteiger partial charge < -0.3 is 19.1 Å². The minimum Gasteiger partial charge on any atom is -0.379 e. The van der Waals surface area contributed by atoms with E-state index in [1.54, 1.807) is 7.11 Å². The van der Waals surface area contributed by atoms with Gasteiger partial charge in [0.25, 0.3) is 0 Å². The van der Waals surface area contributed by atoms with Crippen molar-refractivity contribution in [2.75, 3.05) is 33.5 Å². The lowest BCUT2D eigenvalue weighted by Crippen LogP contribution is -2.48. The Kier molecular flexibility index (Phi) is 5.58. The number of nitrogens with zero attached hydrogens (tertiary/aromatic N) is 2. The molecule has 1 aliphatic carbocycles. The van der Waals surface area contributed by atoms with Crippen LogP contribution >= 0.6 is 0 Å². The number of carbonyl (C=O) groups is 1. The van der Waals surface area contributed by atoms with Gasteiger partial charge in [0.1, 0.15) is 0 Å². The normalized spacial score (nSPS) is 35.9. The quantitative estimate of drug-likeness (QED) is 0.758. The van der Waals surface area contributed by atoms with E-state index in [9.17, 15) is 4.79 Å². The molecule has 164 valence electrons. The molecular weight excluding hydrogens is 380 g/mol. The van der Waals surface area contributed by atoms with Gasteiger partial charge in [-0.25, -0.2) is 0 Å². The summed E-state index contributed by atoms with van der Waals surface area (Å²) in [7, 11) is 1.79. The van der Waals surface area contributed by atoms with Gasteiger partial charge in [0.05, 0.1) is 24.2 Å². The Morgan fingerprint density at radius 1 is 1.40 bits per heavy atom. The Hall–Kier alpha value is -1.50. The fourth-order valence-corrected chi connectivity index (χ4v) is 6.39. The van der Waals surface area contributed by atoms with Crippen LogP contribution in [0.4, 0.5) is 0 Å². The van der Waals surface area contributed by atoms with Crippen molar-refractivity contribution >= 4 is 5.91 Å². The third-order valence-electron chi connectivity index (χ3n) is 7.95. The van der Waals surface area contributed by atoms with Gasteiger partial charge in [-0.05, 0) is 62.0 Å². The molecule has 0 radical (unpaired) electrons. The van der Waals surface area contributed by atoms with E-state index in [0.717, 1.165) is 62.9 Å². The molecule has 0 unspecified atom stereocenters. The van der Waals surface area contributed by atoms with Crippen LogP contribution in [-0.4, -0.2) is 61.5 Å². The van der Waals surface area contributed by atoms with Crippen LogP contribution in [0.2, 0.25) is 0 Å². The Morgan fingerprint density at radius 2 is 2.30 bits per heavy atom. The summed E-state index contributed by atoms with van der Waals surface area (Å²) < 4.78 is 17.4. The predicted octanol–water partition coefficient (Wildman–Crippen LogP) is 2.90. The monoisotopic (exact) mass is 414 g/mol. The Labute approximate surface area is 179 Å². The summed E-state index contributed by atoms with van der Waals surface area (Å²) in [5, 5.41) is 0. The van der Waals surface area contributed by atoms with Crippen LogP contribution in [0, 0.1) is 24.2 Å². The van der Waals surface area contributed by atoms with Gasteiger partial charge >= 0.3 is 0 Å². The zero-order chi connectivity index (χ0) is 20.7. The van der Waals surface area contributed by atoms with Gasteiger partial charge in [0, 0.05) is 51.7 Å². The third-order valence-corrected chi connectivity index (χ3v) is 7.95. The number of pyridine rings is 1. The van der Waals surface area contributed by atoms with Crippen molar-refractivity contribution in [2.45, 2.75) is 64.2 Å². The summed E-state index contributed by atoms with van der Waals surface area (Å²) >= 11 is 0. The number of amides is 1. The van der Waals surface area contributed by atoms with Crippen LogP contribution in [0.3, 0.4) is 0 Å². The number of hydrogen-bond acceptors (Lipinski definition) is 5. The highest BCUT2D eigenvalue weighted by Gasteiger charge is 2.57. The second-order valence-electron chi connectivity index (χ2n) is 9.80. The lowest BCUT2D eigenvalue weighted by atomic mass is 9.78. The van der Waals surface area contributed by atoms with Crippen molar-refractivity contribution in [3.05, 3.63) is 29.1 Å². The van der Waals surface area contributed by atoms with Gasteiger partial charge in [-0.1, -0.05) is 6.07 Å². The summed E-state index contributed by atoms with van der Waals surface area (Å²) in [6.45, 7) is 5.76. The molecule has 6 nitrogen and oxygen atoms in total. The smallest absolute Gasteiger partial charge is 0.231 e. The van der Waals surface area contributed by atoms with Crippen molar-refractivity contribution < 1.29 is 19.0 Å². The molecule has 4 heterocycles. The molecule has 3 fully saturated rings. The van der Waals surface area contributed by atoms with E-state index in [1.165, 1.54) is 5.56 Å². The van der Waals surface area contributed by atoms with E-state index in [-0.39, 0.29) is 17.6 Å². The highest BCUT2D eigenvalue weighted by molar-refractivity contribution is 5.84. The van der Waals surface area contributed by atoms with E-state index in [1.807, 2.05) is 6.20 Å². The van der Waals surface area contributed by atoms with Crippen LogP contribution < -0.4 is 0 Å². The molecule has 1 amide bonds. The molecule has 0 bridgehead atoms. The highest BCUT2D eigenvalue weighted by Crippen LogP contribution is 2.53. The molecule has 0 N–H and O–H groups in total. The predicted molar refractivity (Wildman–Crippen MR) is 112 cm³/mol. The third kappa shape index (κ3) is 3.57. The van der Waals surface area contributed by atoms with Crippen molar-refractivity contribution in [2.24, 2.45) is 17.3 Å². The van der Waals surface area contributed by atoms with E-state index < -0.39 is 0 Å². The molecule has 5 atom stereocenters. The van der Waals surface area contributed by atoms with Crippen LogP contribution in [0.5, 0.6) is 0 Å². The first-order valence-corrected chi connectivity index (χ1v) is 11.5. The molecule has 4 aliphatic rings. The van der Waals surface area contributed by atoms with E-state index in [0.29, 0.717) is 37.5 Å². The lowest BCUT2D eigenvalue weighted by molar-refractivity contribution is -0.145. The van der Waals surface area contributed by atoms with Gasteiger partial charge in [-0.15, -0.1) is 0 Å². The van der Waals surface area contributed by atoms with Crippen LogP contribution in [0.1, 0.15) is 48.9 Å². The van der Waals surface area contributed by atoms with E-state index in [2.05, 4.69) is 22.9 Å². The van der Waals surface area contributed by atoms with Crippen molar-refractivity contribution in [1.82, 2.24) is 9.88 Å². The number of ether oxygens (including phenoxy) is 3. The Bertz CT molecular complexity index is 799. The fourth-order valence-electron chi connectivity index (χ4n) is 6.39. The molecule has 0 aromatic carbocycles. The van der Waals surface area contributed by atoms with Crippen molar-refractivity contribution in [3.8, 4) is 0 Å². The van der Waals surface area contributed by atoms with Gasteiger partial charge in [-0.2, -0.15) is 0 Å². The van der Waals surface area contributed by atoms with Crippen LogP contribution in [0.25, 0.3) is 0 Å². The first kappa shape index (κ1) is 20.4. The Balaban J connectivity index is 1.30. The SMILES string of the molecule is CO[C@@H]1COCC[C@@H]1C[C@@H]1C[C@H]2OCC[C@@]2(C(=O)N2CCc3ncc(C)cc3C2)C1. The Morgan fingerprint density at radius 3 is 3.17 bits per heavy atom. The van der Waals surface area contributed by atoms with E-state index >= 15 is 0 Å². The van der Waals surface area contributed by atoms with Crippen LogP contribution in [-0.2, 0) is 32.0 Å². The summed E-state index contributed by atoms with van der Waals surface area (Å²) in [6, 6.07) is 2.19. The summed E-state index contributed by atoms with van der Waals surface area (Å²) in [5.74, 6) is 1.37. The molecule has 6 heteroatoms. The number of aryl methyl sites for hydroxylation is 1. The van der Waals surface area contributed by atoms with Gasteiger partial charge in [0.15, 0.2) is 0 Å². The molecule has 1 aromatic rings. The molecule has 30 heavy (non-hydrogen) atoms. The lowest BCUT2D eigenvalue weighted by Gasteiger charge is -2.37. The highest BCUT2D eigenvalue weighted by atomic mass is 16.5. The standard InChI is InChI=1S/C24H34N2O4/c1-16-9-19-14-26(6-3-20(19)25-13-16)23(27)24-5-8-30-22(24)11-17(12-24)10-18-4-7-29-15-21(18)28-2/h9,13,17-18,21-22H,3-8,10-12,14-15H2,1-2H3/t17-,18-,21-,22-,24-/m1/s1. The topological polar surface area (TPSA) is 60.9 Å². The molecule has 2 saturated heterocycles. The first-order valence-electron chi connectivity index (χ1n) is 11.5. The van der Waals surface area contributed by atoms with Gasteiger partial charge in [0.2, 0.25) is 5.91 Å². The maximum Gasteiger partial charge on any atom is 0.231 e. The molecule has 5 rings (SSSR count). The van der Waals surface area contributed by atoms with Crippen molar-refractivity contribution in [3.63, 3.8) is 0 Å². The summed E-state index contributed by atoms with van der Waals surface area (Å²) in [6.07, 6.45) is 8.03. The molecule has 0 spiro atoms. The summed E-state index contributed by atoms with van der Waals surface area (Å²) in [4.78, 5) is 20.5. The number of fused-ring (bicyclic) bond motifs is 2. The minimum absolute atomic E-state index is 0.0767. The molecular formula is C24H34N2O4. The summed E-state index contributed by atoms with van der Waals surface area (Å²) in [5.41, 5.74) is 3.19. The maximum absolute atomic E-state index is 13.8. The maximum atomic E-state index is 13.8. The van der Waals surface area contributed by atoms with Crippen molar-refractivity contribution in [1.29, 1.82) is 0 Å². The van der Waals surface area contributed by atoms with Crippen LogP contribution in [0.15, 0.2) is 12.3 Å². The zero-order valence-corrected chi connectivity index (χ0v) is 18.3. The number of rotatable bonds is 4. The fraction of sp³-hybridized carbons (Fsp3) is 0.750. The largest absolute Gasteiger partial charge is 0.379 e. The second-order valence-corrected chi connectivity index (χ2v) is 9.80. The number of methoxy groups -OCH3 is 1. The second kappa shape index (κ2) is 8.21. The molecule has 1 aromatic heterocycles. The zero-order valence-electron chi connectivity index (χ0n) is 18.3. The average molecular weight is 415 g/mol. The number of aromatic nitrogens is 1. The first-order chi connectivity index (χ1) is 14.6. The minimum atomic E-state index is -0.326. The van der Waals surface area contributed by atoms with Gasteiger partial charge in [-0.3, -0.25) is 9.78 Å². The average Bonchev–Trinajstić information content (AvgIpc) is 3.31. The number of hydrogen-bond donors (Lipinski definition) is 0.